The van der Waals surface area contributed by atoms with Crippen LogP contribution in [0.3, 0.4) is 0 Å². The first-order valence-electron chi connectivity index (χ1n) is 13.4. The van der Waals surface area contributed by atoms with E-state index in [1.165, 1.54) is 27.2 Å². The van der Waals surface area contributed by atoms with Crippen molar-refractivity contribution in [1.82, 2.24) is 0 Å². The van der Waals surface area contributed by atoms with Crippen LogP contribution >= 0.6 is 0 Å². The minimum atomic E-state index is -1.31. The topological polar surface area (TPSA) is 46.5 Å². The zero-order valence-electron chi connectivity index (χ0n) is 26.8. The Kier molecular flexibility index (Phi) is 36.0. The Labute approximate surface area is 230 Å². The van der Waals surface area contributed by atoms with Crippen LogP contribution < -0.4 is 0 Å². The second-order valence-electron chi connectivity index (χ2n) is 9.43. The molecule has 0 fully saturated rings. The summed E-state index contributed by atoms with van der Waals surface area (Å²) in [4.78, 5) is 23.6. The Hall–Kier alpha value is -2.36. The summed E-state index contributed by atoms with van der Waals surface area (Å²) in [6.07, 6.45) is 12.2. The summed E-state index contributed by atoms with van der Waals surface area (Å²) in [5, 5.41) is 0. The zero-order chi connectivity index (χ0) is 30.6. The molecule has 0 radical (unpaired) electrons. The molecule has 0 aliphatic carbocycles. The van der Waals surface area contributed by atoms with Crippen LogP contribution in [0.25, 0.3) is 0 Å². The predicted molar refractivity (Wildman–Crippen MR) is 167 cm³/mol. The molecular formula is C33H60FNO2. The zero-order valence-corrected chi connectivity index (χ0v) is 26.8. The van der Waals surface area contributed by atoms with Gasteiger partial charge in [0.05, 0.1) is 0 Å². The van der Waals surface area contributed by atoms with E-state index in [0.29, 0.717) is 18.4 Å². The number of allylic oxidation sites excluding steroid dienone is 8. The number of carbonyl (C=O) groups excluding carboxylic acids is 2. The van der Waals surface area contributed by atoms with E-state index in [1.54, 1.807) is 6.08 Å². The highest BCUT2D eigenvalue weighted by Crippen LogP contribution is 2.20. The van der Waals surface area contributed by atoms with Crippen LogP contribution in [0.15, 0.2) is 64.9 Å². The average Bonchev–Trinajstić information content (AvgIpc) is 2.85. The predicted octanol–water partition coefficient (Wildman–Crippen LogP) is 10.6. The van der Waals surface area contributed by atoms with E-state index in [1.807, 2.05) is 72.9 Å². The number of hydrogen-bond donors (Lipinski definition) is 0. The molecule has 0 amide bonds. The molecule has 0 rings (SSSR count). The number of alkyl halides is 1. The summed E-state index contributed by atoms with van der Waals surface area (Å²) in [5.41, 5.74) is 2.31. The number of aldehydes is 1. The summed E-state index contributed by atoms with van der Waals surface area (Å²) in [5.74, 6) is 1.84. The lowest BCUT2D eigenvalue weighted by Crippen LogP contribution is -2.12. The summed E-state index contributed by atoms with van der Waals surface area (Å²) < 4.78 is 13.2. The Balaban J connectivity index is -0.000000123. The highest BCUT2D eigenvalue weighted by atomic mass is 19.1. The van der Waals surface area contributed by atoms with E-state index in [0.717, 1.165) is 35.0 Å². The largest absolute Gasteiger partial charge is 0.303 e. The molecule has 3 nitrogen and oxygen atoms in total. The standard InChI is InChI=1S/C11H17F.C8H13N.C7H16.C5H8O2.C2H6/c1-6-9(2)7-8-10(3)11(4,5)12;1-5-8(4)6-9-7(2)3;1-5-7(4)6(2)3;1-5(7)3-2-4-6;1-2/h6-8H,3H2,1-2,4-5H3;5-6H,2H2,1,3-4H3;6-7H,5H2,1-4H3;4H,2-3H2,1H3;1-2H3/b8-7-,9-6-;8-5-,9-6?;;;/t;;7-;;/m..1../s1. The Morgan fingerprint density at radius 1 is 0.946 bits per heavy atom. The van der Waals surface area contributed by atoms with Gasteiger partial charge in [-0.3, -0.25) is 4.99 Å². The van der Waals surface area contributed by atoms with Gasteiger partial charge in [0, 0.05) is 24.8 Å². The molecule has 4 heteroatoms. The van der Waals surface area contributed by atoms with Gasteiger partial charge in [0.1, 0.15) is 17.7 Å². The summed E-state index contributed by atoms with van der Waals surface area (Å²) >= 11 is 0. The lowest BCUT2D eigenvalue weighted by atomic mass is 9.96. The fourth-order valence-electron chi connectivity index (χ4n) is 1.55. The maximum atomic E-state index is 13.2. The Bertz CT molecular complexity index is 717. The van der Waals surface area contributed by atoms with Crippen LogP contribution in [0, 0.1) is 11.8 Å². The minimum Gasteiger partial charge on any atom is -0.303 e. The lowest BCUT2D eigenvalue weighted by Gasteiger charge is -2.13. The average molecular weight is 522 g/mol. The van der Waals surface area contributed by atoms with E-state index < -0.39 is 5.67 Å². The van der Waals surface area contributed by atoms with Crippen molar-refractivity contribution in [2.24, 2.45) is 16.8 Å². The number of carbonyl (C=O) groups is 2. The first-order valence-corrected chi connectivity index (χ1v) is 13.4. The number of hydrogen-bond acceptors (Lipinski definition) is 3. The van der Waals surface area contributed by atoms with E-state index in [-0.39, 0.29) is 5.78 Å². The van der Waals surface area contributed by atoms with Crippen LogP contribution in [0.5, 0.6) is 0 Å². The van der Waals surface area contributed by atoms with Crippen LogP contribution in [-0.2, 0) is 9.59 Å². The van der Waals surface area contributed by atoms with E-state index in [2.05, 4.69) is 45.8 Å². The first-order chi connectivity index (χ1) is 17.0. The van der Waals surface area contributed by atoms with Crippen molar-refractivity contribution in [2.75, 3.05) is 0 Å². The molecule has 0 N–H and O–H groups in total. The molecule has 0 saturated heterocycles. The third-order valence-electron chi connectivity index (χ3n) is 5.11. The van der Waals surface area contributed by atoms with Crippen LogP contribution in [0.1, 0.15) is 116 Å². The van der Waals surface area contributed by atoms with Gasteiger partial charge in [-0.2, -0.15) is 0 Å². The van der Waals surface area contributed by atoms with Crippen LogP contribution in [0.2, 0.25) is 0 Å². The van der Waals surface area contributed by atoms with Crippen molar-refractivity contribution in [3.8, 4) is 0 Å². The van der Waals surface area contributed by atoms with Crippen LogP contribution in [-0.4, -0.2) is 24.0 Å². The van der Waals surface area contributed by atoms with E-state index in [9.17, 15) is 14.0 Å². The third-order valence-corrected chi connectivity index (χ3v) is 5.11. The second kappa shape index (κ2) is 29.9. The van der Waals surface area contributed by atoms with Gasteiger partial charge < -0.3 is 9.59 Å². The Morgan fingerprint density at radius 2 is 1.41 bits per heavy atom. The fraction of sp³-hybridized carbons (Fsp3) is 0.606. The lowest BCUT2D eigenvalue weighted by molar-refractivity contribution is -0.118. The summed E-state index contributed by atoms with van der Waals surface area (Å²) in [7, 11) is 0. The second-order valence-corrected chi connectivity index (χ2v) is 9.43. The SMILES string of the molecule is C=C(/C=C\C(C)=C/C)C(C)(C)F.C=C(C)N=C/C(C)=C\C.CC.CC(=O)CCC=O.CC[C@@H](C)C(C)C. The highest BCUT2D eigenvalue weighted by Gasteiger charge is 2.16. The fourth-order valence-corrected chi connectivity index (χ4v) is 1.55. The van der Waals surface area contributed by atoms with Gasteiger partial charge in [-0.15, -0.1) is 0 Å². The highest BCUT2D eigenvalue weighted by molar-refractivity contribution is 5.78. The van der Waals surface area contributed by atoms with Crippen molar-refractivity contribution in [3.63, 3.8) is 0 Å². The number of aliphatic imine (C=N–C) groups is 1. The van der Waals surface area contributed by atoms with Gasteiger partial charge in [-0.1, -0.05) is 91.0 Å². The molecule has 0 aliphatic rings. The summed E-state index contributed by atoms with van der Waals surface area (Å²) in [6.45, 7) is 34.6. The van der Waals surface area contributed by atoms with Crippen molar-refractivity contribution >= 4 is 18.3 Å². The number of rotatable bonds is 10. The van der Waals surface area contributed by atoms with Gasteiger partial charge in [0.25, 0.3) is 0 Å². The van der Waals surface area contributed by atoms with Gasteiger partial charge in [-0.05, 0) is 78.4 Å². The molecule has 0 heterocycles. The smallest absolute Gasteiger partial charge is 0.130 e. The van der Waals surface area contributed by atoms with Gasteiger partial charge in [0.2, 0.25) is 0 Å². The number of nitrogens with zero attached hydrogens (tertiary/aromatic N) is 1. The molecule has 0 unspecified atom stereocenters. The molecular weight excluding hydrogens is 461 g/mol. The van der Waals surface area contributed by atoms with Crippen molar-refractivity contribution in [2.45, 2.75) is 122 Å². The van der Waals surface area contributed by atoms with Gasteiger partial charge in [-0.25, -0.2) is 4.39 Å². The molecule has 1 atom stereocenters. The molecule has 0 aromatic carbocycles. The molecule has 0 aromatic heterocycles. The number of ketones is 1. The minimum absolute atomic E-state index is 0.0760. The molecule has 216 valence electrons. The number of Topliss-reactive ketones (excluding diaryl/α,β-unsaturated/α-hetero) is 1. The van der Waals surface area contributed by atoms with Crippen molar-refractivity contribution in [3.05, 3.63) is 59.9 Å². The summed E-state index contributed by atoms with van der Waals surface area (Å²) in [6, 6.07) is 0. The monoisotopic (exact) mass is 521 g/mol. The van der Waals surface area contributed by atoms with Crippen LogP contribution in [0.4, 0.5) is 4.39 Å². The maximum Gasteiger partial charge on any atom is 0.130 e. The molecule has 0 aliphatic heterocycles. The van der Waals surface area contributed by atoms with E-state index in [4.69, 9.17) is 0 Å². The molecule has 37 heavy (non-hydrogen) atoms. The van der Waals surface area contributed by atoms with Gasteiger partial charge in [0.15, 0.2) is 0 Å². The first kappa shape index (κ1) is 44.6. The molecule has 0 spiro atoms. The Morgan fingerprint density at radius 3 is 1.62 bits per heavy atom. The molecule has 0 aromatic rings. The van der Waals surface area contributed by atoms with Crippen molar-refractivity contribution in [1.29, 1.82) is 0 Å². The maximum absolute atomic E-state index is 13.2. The number of halogens is 1. The normalized spacial score (nSPS) is 12.1. The quantitative estimate of drug-likeness (QED) is 0.163. The molecule has 0 saturated carbocycles. The van der Waals surface area contributed by atoms with Crippen molar-refractivity contribution < 1.29 is 14.0 Å². The van der Waals surface area contributed by atoms with E-state index >= 15 is 0 Å². The third kappa shape index (κ3) is 44.1. The molecule has 0 bridgehead atoms. The van der Waals surface area contributed by atoms with Gasteiger partial charge >= 0.3 is 0 Å².